The van der Waals surface area contributed by atoms with Gasteiger partial charge in [0.1, 0.15) is 12.0 Å². The molecule has 0 aliphatic carbocycles. The molecule has 2 aromatic rings. The molecule has 1 aromatic heterocycles. The largest absolute Gasteiger partial charge is 0.365 e. The van der Waals surface area contributed by atoms with E-state index in [-0.39, 0.29) is 17.8 Å². The van der Waals surface area contributed by atoms with E-state index in [1.807, 2.05) is 31.2 Å². The summed E-state index contributed by atoms with van der Waals surface area (Å²) in [5.41, 5.74) is 1.86. The Labute approximate surface area is 145 Å². The summed E-state index contributed by atoms with van der Waals surface area (Å²) in [6, 6.07) is 10.6. The normalized spacial score (nSPS) is 16.5. The number of pyridine rings is 1. The van der Waals surface area contributed by atoms with Gasteiger partial charge in [-0.25, -0.2) is 9.78 Å². The molecule has 130 valence electrons. The van der Waals surface area contributed by atoms with Crippen LogP contribution in [0.5, 0.6) is 0 Å². The van der Waals surface area contributed by atoms with Crippen LogP contribution >= 0.6 is 0 Å². The topological polar surface area (TPSA) is 100 Å². The van der Waals surface area contributed by atoms with Gasteiger partial charge >= 0.3 is 6.03 Å². The molecule has 8 nitrogen and oxygen atoms in total. The van der Waals surface area contributed by atoms with Crippen molar-refractivity contribution in [2.24, 2.45) is 0 Å². The van der Waals surface area contributed by atoms with E-state index in [1.165, 1.54) is 12.3 Å². The Morgan fingerprint density at radius 1 is 1.28 bits per heavy atom. The fourth-order valence-electron chi connectivity index (χ4n) is 2.69. The van der Waals surface area contributed by atoms with E-state index < -0.39 is 4.92 Å². The predicted octanol–water partition coefficient (Wildman–Crippen LogP) is 3.02. The van der Waals surface area contributed by atoms with Gasteiger partial charge in [0.15, 0.2) is 0 Å². The van der Waals surface area contributed by atoms with Crippen molar-refractivity contribution >= 4 is 23.2 Å². The zero-order valence-corrected chi connectivity index (χ0v) is 13.8. The maximum Gasteiger partial charge on any atom is 0.321 e. The lowest BCUT2D eigenvalue weighted by Crippen LogP contribution is -2.35. The minimum absolute atomic E-state index is 0.0453. The summed E-state index contributed by atoms with van der Waals surface area (Å²) >= 11 is 0. The van der Waals surface area contributed by atoms with Crippen LogP contribution < -0.4 is 10.6 Å². The average Bonchev–Trinajstić information content (AvgIpc) is 3.06. The van der Waals surface area contributed by atoms with Crippen molar-refractivity contribution in [1.82, 2.24) is 9.88 Å². The molecule has 1 aliphatic rings. The van der Waals surface area contributed by atoms with E-state index in [2.05, 4.69) is 15.6 Å². The first-order chi connectivity index (χ1) is 12.0. The third kappa shape index (κ3) is 4.23. The number of aryl methyl sites for hydroxylation is 1. The van der Waals surface area contributed by atoms with Gasteiger partial charge in [-0.3, -0.25) is 10.1 Å². The maximum absolute atomic E-state index is 12.3. The first-order valence-electron chi connectivity index (χ1n) is 8.01. The van der Waals surface area contributed by atoms with Gasteiger partial charge in [-0.15, -0.1) is 0 Å². The van der Waals surface area contributed by atoms with Gasteiger partial charge in [-0.2, -0.15) is 0 Å². The number of amides is 2. The van der Waals surface area contributed by atoms with Gasteiger partial charge in [-0.05, 0) is 31.5 Å². The summed E-state index contributed by atoms with van der Waals surface area (Å²) < 4.78 is 0. The summed E-state index contributed by atoms with van der Waals surface area (Å²) in [7, 11) is 0. The molecule has 2 N–H and O–H groups in total. The third-order valence-electron chi connectivity index (χ3n) is 4.09. The lowest BCUT2D eigenvalue weighted by atomic mass is 10.2. The van der Waals surface area contributed by atoms with Crippen molar-refractivity contribution in [2.75, 3.05) is 23.7 Å². The number of urea groups is 1. The molecular weight excluding hydrogens is 322 g/mol. The first-order valence-corrected chi connectivity index (χ1v) is 8.01. The highest BCUT2D eigenvalue weighted by atomic mass is 16.6. The van der Waals surface area contributed by atoms with Crippen LogP contribution in [0.4, 0.5) is 22.0 Å². The average molecular weight is 341 g/mol. The maximum atomic E-state index is 12.3. The Morgan fingerprint density at radius 2 is 2.04 bits per heavy atom. The monoisotopic (exact) mass is 341 g/mol. The number of carbonyl (C=O) groups is 1. The van der Waals surface area contributed by atoms with Crippen molar-refractivity contribution in [1.29, 1.82) is 0 Å². The second-order valence-corrected chi connectivity index (χ2v) is 6.03. The first kappa shape index (κ1) is 16.7. The number of nitrogens with zero attached hydrogens (tertiary/aromatic N) is 3. The molecular formula is C17H19N5O3. The van der Waals surface area contributed by atoms with Gasteiger partial charge in [0.2, 0.25) is 0 Å². The second kappa shape index (κ2) is 7.16. The Morgan fingerprint density at radius 3 is 2.68 bits per heavy atom. The molecule has 1 saturated heterocycles. The molecule has 1 atom stereocenters. The van der Waals surface area contributed by atoms with Crippen molar-refractivity contribution in [2.45, 2.75) is 19.4 Å². The van der Waals surface area contributed by atoms with Crippen LogP contribution in [-0.4, -0.2) is 40.0 Å². The standard InChI is InChI=1S/C17H19N5O3/c1-12-2-4-13(5-3-12)20-17(23)21-9-8-14(11-21)19-16-7-6-15(10-18-16)22(24)25/h2-7,10,14H,8-9,11H2,1H3,(H,18,19)(H,20,23)/t14-/m0/s1. The highest BCUT2D eigenvalue weighted by Gasteiger charge is 2.26. The molecule has 1 aromatic carbocycles. The van der Waals surface area contributed by atoms with Crippen LogP contribution in [0, 0.1) is 17.0 Å². The molecule has 1 aliphatic heterocycles. The van der Waals surface area contributed by atoms with E-state index in [4.69, 9.17) is 0 Å². The van der Waals surface area contributed by atoms with Crippen LogP contribution in [0.3, 0.4) is 0 Å². The molecule has 2 heterocycles. The third-order valence-corrected chi connectivity index (χ3v) is 4.09. The Kier molecular flexibility index (Phi) is 4.78. The quantitative estimate of drug-likeness (QED) is 0.657. The molecule has 0 saturated carbocycles. The number of hydrogen-bond acceptors (Lipinski definition) is 5. The summed E-state index contributed by atoms with van der Waals surface area (Å²) in [6.07, 6.45) is 2.01. The SMILES string of the molecule is Cc1ccc(NC(=O)N2CC[C@H](Nc3ccc([N+](=O)[O-])cn3)C2)cc1. The molecule has 0 bridgehead atoms. The van der Waals surface area contributed by atoms with Gasteiger partial charge in [0, 0.05) is 30.9 Å². The molecule has 8 heteroatoms. The van der Waals surface area contributed by atoms with Gasteiger partial charge in [-0.1, -0.05) is 17.7 Å². The van der Waals surface area contributed by atoms with E-state index in [0.717, 1.165) is 17.7 Å². The highest BCUT2D eigenvalue weighted by molar-refractivity contribution is 5.89. The molecule has 1 fully saturated rings. The molecule has 2 amide bonds. The van der Waals surface area contributed by atoms with Crippen molar-refractivity contribution in [3.8, 4) is 0 Å². The second-order valence-electron chi connectivity index (χ2n) is 6.03. The number of anilines is 2. The van der Waals surface area contributed by atoms with E-state index in [1.54, 1.807) is 11.0 Å². The summed E-state index contributed by atoms with van der Waals surface area (Å²) in [4.78, 5) is 28.2. The molecule has 0 spiro atoms. The fourth-order valence-corrected chi connectivity index (χ4v) is 2.69. The van der Waals surface area contributed by atoms with Crippen LogP contribution in [0.15, 0.2) is 42.6 Å². The minimum Gasteiger partial charge on any atom is -0.365 e. The van der Waals surface area contributed by atoms with Gasteiger partial charge in [0.05, 0.1) is 4.92 Å². The van der Waals surface area contributed by atoms with Crippen LogP contribution in [0.1, 0.15) is 12.0 Å². The Bertz CT molecular complexity index is 761. The lowest BCUT2D eigenvalue weighted by Gasteiger charge is -2.18. The van der Waals surface area contributed by atoms with E-state index in [9.17, 15) is 14.9 Å². The zero-order chi connectivity index (χ0) is 17.8. The van der Waals surface area contributed by atoms with Crippen molar-refractivity contribution < 1.29 is 9.72 Å². The summed E-state index contributed by atoms with van der Waals surface area (Å²) in [5, 5.41) is 16.7. The zero-order valence-electron chi connectivity index (χ0n) is 13.8. The predicted molar refractivity (Wildman–Crippen MR) is 94.7 cm³/mol. The number of rotatable bonds is 4. The van der Waals surface area contributed by atoms with Crippen molar-refractivity contribution in [3.05, 3.63) is 58.3 Å². The Hall–Kier alpha value is -3.16. The van der Waals surface area contributed by atoms with Crippen LogP contribution in [0.25, 0.3) is 0 Å². The summed E-state index contributed by atoms with van der Waals surface area (Å²) in [5.74, 6) is 0.566. The van der Waals surface area contributed by atoms with Gasteiger partial charge in [0.25, 0.3) is 5.69 Å². The molecule has 3 rings (SSSR count). The number of carbonyl (C=O) groups excluding carboxylic acids is 1. The van der Waals surface area contributed by atoms with E-state index >= 15 is 0 Å². The number of likely N-dealkylation sites (tertiary alicyclic amines) is 1. The number of nitro groups is 1. The number of benzene rings is 1. The number of nitrogens with one attached hydrogen (secondary N) is 2. The van der Waals surface area contributed by atoms with E-state index in [0.29, 0.717) is 18.9 Å². The van der Waals surface area contributed by atoms with Crippen molar-refractivity contribution in [3.63, 3.8) is 0 Å². The molecule has 0 radical (unpaired) electrons. The Balaban J connectivity index is 1.53. The van der Waals surface area contributed by atoms with Crippen LogP contribution in [-0.2, 0) is 0 Å². The van der Waals surface area contributed by atoms with Crippen LogP contribution in [0.2, 0.25) is 0 Å². The molecule has 0 unspecified atom stereocenters. The molecule has 25 heavy (non-hydrogen) atoms. The number of aromatic nitrogens is 1. The fraction of sp³-hybridized carbons (Fsp3) is 0.294. The highest BCUT2D eigenvalue weighted by Crippen LogP contribution is 2.18. The smallest absolute Gasteiger partial charge is 0.321 e. The minimum atomic E-state index is -0.483. The lowest BCUT2D eigenvalue weighted by molar-refractivity contribution is -0.385. The summed E-state index contributed by atoms with van der Waals surface area (Å²) in [6.45, 7) is 3.19. The number of hydrogen-bond donors (Lipinski definition) is 2. The van der Waals surface area contributed by atoms with Gasteiger partial charge < -0.3 is 15.5 Å².